The number of hydrogen-bond acceptors (Lipinski definition) is 4. The molecule has 1 aliphatic heterocycles. The molecule has 0 amide bonds. The molecule has 76 valence electrons. The molecule has 0 aromatic heterocycles. The van der Waals surface area contributed by atoms with Crippen LogP contribution in [0.2, 0.25) is 0 Å². The van der Waals surface area contributed by atoms with Crippen molar-refractivity contribution in [3.05, 3.63) is 0 Å². The fourth-order valence-corrected chi connectivity index (χ4v) is 1.93. The van der Waals surface area contributed by atoms with Crippen molar-refractivity contribution >= 4 is 5.97 Å². The van der Waals surface area contributed by atoms with Crippen molar-refractivity contribution in [1.29, 1.82) is 0 Å². The number of carbonyl (C=O) groups excluding carboxylic acids is 1. The molecule has 1 saturated heterocycles. The van der Waals surface area contributed by atoms with E-state index in [4.69, 9.17) is 10.5 Å². The van der Waals surface area contributed by atoms with Crippen molar-refractivity contribution in [3.63, 3.8) is 0 Å². The van der Waals surface area contributed by atoms with Gasteiger partial charge in [-0.3, -0.25) is 4.79 Å². The predicted octanol–water partition coefficient (Wildman–Crippen LogP) is -0.124. The number of hydrogen-bond donors (Lipinski definition) is 2. The van der Waals surface area contributed by atoms with Crippen molar-refractivity contribution in [2.75, 3.05) is 20.2 Å². The van der Waals surface area contributed by atoms with Crippen molar-refractivity contribution in [2.24, 2.45) is 11.7 Å². The topological polar surface area (TPSA) is 64.3 Å². The van der Waals surface area contributed by atoms with Gasteiger partial charge >= 0.3 is 5.97 Å². The summed E-state index contributed by atoms with van der Waals surface area (Å²) in [5.41, 5.74) is 5.28. The molecule has 0 aliphatic carbocycles. The minimum Gasteiger partial charge on any atom is -0.468 e. The van der Waals surface area contributed by atoms with Crippen LogP contribution in [0.25, 0.3) is 0 Å². The maximum Gasteiger partial charge on any atom is 0.326 e. The first-order chi connectivity index (χ1) is 6.15. The van der Waals surface area contributed by atoms with Crippen molar-refractivity contribution < 1.29 is 9.53 Å². The molecule has 0 saturated carbocycles. The minimum atomic E-state index is -0.769. The molecule has 2 atom stereocenters. The Kier molecular flexibility index (Phi) is 3.27. The lowest BCUT2D eigenvalue weighted by atomic mass is 9.78. The zero-order chi connectivity index (χ0) is 9.90. The highest BCUT2D eigenvalue weighted by Gasteiger charge is 2.43. The number of carbonyl (C=O) groups is 1. The summed E-state index contributed by atoms with van der Waals surface area (Å²) in [4.78, 5) is 11.5. The molecule has 13 heavy (non-hydrogen) atoms. The van der Waals surface area contributed by atoms with Crippen molar-refractivity contribution in [2.45, 2.75) is 25.3 Å². The quantitative estimate of drug-likeness (QED) is 0.590. The summed E-state index contributed by atoms with van der Waals surface area (Å²) in [6, 6.07) is 0. The van der Waals surface area contributed by atoms with Gasteiger partial charge in [-0.25, -0.2) is 0 Å². The largest absolute Gasteiger partial charge is 0.468 e. The molecule has 2 unspecified atom stereocenters. The van der Waals surface area contributed by atoms with Gasteiger partial charge in [0.2, 0.25) is 0 Å². The summed E-state index contributed by atoms with van der Waals surface area (Å²) in [6.45, 7) is 3.65. The fraction of sp³-hybridized carbons (Fsp3) is 0.889. The Hall–Kier alpha value is -0.610. The molecule has 1 heterocycles. The van der Waals surface area contributed by atoms with E-state index in [0.717, 1.165) is 19.5 Å². The van der Waals surface area contributed by atoms with E-state index in [9.17, 15) is 4.79 Å². The van der Waals surface area contributed by atoms with Crippen LogP contribution in [-0.4, -0.2) is 31.7 Å². The summed E-state index contributed by atoms with van der Waals surface area (Å²) in [7, 11) is 1.39. The molecule has 4 nitrogen and oxygen atoms in total. The molecule has 1 aliphatic rings. The Labute approximate surface area is 78.8 Å². The molecular formula is C9H18N2O2. The number of piperidine rings is 1. The maximum absolute atomic E-state index is 11.5. The second-order valence-corrected chi connectivity index (χ2v) is 3.59. The highest BCUT2D eigenvalue weighted by atomic mass is 16.5. The number of rotatable bonds is 2. The van der Waals surface area contributed by atoms with E-state index in [-0.39, 0.29) is 11.9 Å². The number of nitrogens with one attached hydrogen (secondary N) is 1. The molecule has 1 fully saturated rings. The van der Waals surface area contributed by atoms with Crippen LogP contribution in [0, 0.1) is 5.92 Å². The van der Waals surface area contributed by atoms with E-state index in [0.29, 0.717) is 6.42 Å². The van der Waals surface area contributed by atoms with Crippen LogP contribution in [0.15, 0.2) is 0 Å². The summed E-state index contributed by atoms with van der Waals surface area (Å²) >= 11 is 0. The van der Waals surface area contributed by atoms with Gasteiger partial charge in [0, 0.05) is 6.54 Å². The second kappa shape index (κ2) is 4.07. The van der Waals surface area contributed by atoms with Gasteiger partial charge in [-0.05, 0) is 25.3 Å². The van der Waals surface area contributed by atoms with Gasteiger partial charge in [-0.15, -0.1) is 0 Å². The van der Waals surface area contributed by atoms with Crippen LogP contribution in [0.4, 0.5) is 0 Å². The highest BCUT2D eigenvalue weighted by Crippen LogP contribution is 2.25. The first-order valence-corrected chi connectivity index (χ1v) is 4.73. The molecule has 4 heteroatoms. The SMILES string of the molecule is CCC1CNCCC1(N)C(=O)OC. The average molecular weight is 186 g/mol. The third-order valence-electron chi connectivity index (χ3n) is 2.89. The summed E-state index contributed by atoms with van der Waals surface area (Å²) in [5.74, 6) is -0.0884. The lowest BCUT2D eigenvalue weighted by Gasteiger charge is -2.38. The van der Waals surface area contributed by atoms with Gasteiger partial charge in [0.25, 0.3) is 0 Å². The third-order valence-corrected chi connectivity index (χ3v) is 2.89. The average Bonchev–Trinajstić information content (AvgIpc) is 2.17. The van der Waals surface area contributed by atoms with E-state index < -0.39 is 5.54 Å². The third kappa shape index (κ3) is 1.84. The predicted molar refractivity (Wildman–Crippen MR) is 50.2 cm³/mol. The molecule has 1 rings (SSSR count). The number of nitrogens with two attached hydrogens (primary N) is 1. The molecule has 0 aromatic carbocycles. The smallest absolute Gasteiger partial charge is 0.326 e. The normalized spacial score (nSPS) is 34.2. The summed E-state index contributed by atoms with van der Waals surface area (Å²) < 4.78 is 4.73. The van der Waals surface area contributed by atoms with E-state index >= 15 is 0 Å². The van der Waals surface area contributed by atoms with Crippen LogP contribution >= 0.6 is 0 Å². The summed E-state index contributed by atoms with van der Waals surface area (Å²) in [5, 5.41) is 3.23. The Balaban J connectivity index is 2.76. The van der Waals surface area contributed by atoms with Gasteiger partial charge in [-0.1, -0.05) is 6.92 Å². The van der Waals surface area contributed by atoms with Crippen molar-refractivity contribution in [1.82, 2.24) is 5.32 Å². The van der Waals surface area contributed by atoms with Crippen LogP contribution in [0.5, 0.6) is 0 Å². The van der Waals surface area contributed by atoms with Crippen LogP contribution in [0.3, 0.4) is 0 Å². The van der Waals surface area contributed by atoms with Gasteiger partial charge in [0.1, 0.15) is 5.54 Å². The molecule has 0 spiro atoms. The van der Waals surface area contributed by atoms with E-state index in [1.165, 1.54) is 7.11 Å². The number of methoxy groups -OCH3 is 1. The highest BCUT2D eigenvalue weighted by molar-refractivity contribution is 5.81. The zero-order valence-electron chi connectivity index (χ0n) is 8.30. The maximum atomic E-state index is 11.5. The zero-order valence-corrected chi connectivity index (χ0v) is 8.30. The van der Waals surface area contributed by atoms with Crippen LogP contribution in [-0.2, 0) is 9.53 Å². The molecule has 0 aromatic rings. The lowest BCUT2D eigenvalue weighted by molar-refractivity contribution is -0.150. The Morgan fingerprint density at radius 1 is 1.77 bits per heavy atom. The standard InChI is InChI=1S/C9H18N2O2/c1-3-7-6-11-5-4-9(7,10)8(12)13-2/h7,11H,3-6,10H2,1-2H3. The Bertz CT molecular complexity index is 196. The van der Waals surface area contributed by atoms with Gasteiger partial charge in [-0.2, -0.15) is 0 Å². The van der Waals surface area contributed by atoms with Crippen molar-refractivity contribution in [3.8, 4) is 0 Å². The second-order valence-electron chi connectivity index (χ2n) is 3.59. The Morgan fingerprint density at radius 2 is 2.46 bits per heavy atom. The van der Waals surface area contributed by atoms with Gasteiger partial charge in [0.05, 0.1) is 7.11 Å². The fourth-order valence-electron chi connectivity index (χ4n) is 1.93. The van der Waals surface area contributed by atoms with E-state index in [1.54, 1.807) is 0 Å². The molecular weight excluding hydrogens is 168 g/mol. The van der Waals surface area contributed by atoms with Crippen LogP contribution in [0.1, 0.15) is 19.8 Å². The van der Waals surface area contributed by atoms with Gasteiger partial charge in [0.15, 0.2) is 0 Å². The first-order valence-electron chi connectivity index (χ1n) is 4.73. The lowest BCUT2D eigenvalue weighted by Crippen LogP contribution is -2.61. The van der Waals surface area contributed by atoms with Crippen LogP contribution < -0.4 is 11.1 Å². The monoisotopic (exact) mass is 186 g/mol. The van der Waals surface area contributed by atoms with E-state index in [1.807, 2.05) is 6.92 Å². The molecule has 3 N–H and O–H groups in total. The van der Waals surface area contributed by atoms with Gasteiger partial charge < -0.3 is 15.8 Å². The summed E-state index contributed by atoms with van der Waals surface area (Å²) in [6.07, 6.45) is 1.57. The van der Waals surface area contributed by atoms with E-state index in [2.05, 4.69) is 5.32 Å². The minimum absolute atomic E-state index is 0.189. The number of ether oxygens (including phenoxy) is 1. The number of esters is 1. The first kappa shape index (κ1) is 10.5. The molecule has 0 radical (unpaired) electrons. The Morgan fingerprint density at radius 3 is 3.00 bits per heavy atom. The molecule has 0 bridgehead atoms.